The van der Waals surface area contributed by atoms with Gasteiger partial charge in [0, 0.05) is 6.54 Å². The second-order valence-electron chi connectivity index (χ2n) is 6.68. The van der Waals surface area contributed by atoms with Gasteiger partial charge in [0.15, 0.2) is 5.52 Å². The zero-order valence-corrected chi connectivity index (χ0v) is 18.9. The SMILES string of the molecule is O=c1[nH]c(NCc2ccc(Cl)c(Cl)c2)nc2cnn(CCOCCOCCOCCO)c12. The molecule has 0 aliphatic carbocycles. The maximum Gasteiger partial charge on any atom is 0.278 e. The Labute approximate surface area is 194 Å². The highest BCUT2D eigenvalue weighted by atomic mass is 35.5. The molecule has 0 saturated heterocycles. The summed E-state index contributed by atoms with van der Waals surface area (Å²) in [6.45, 7) is 3.22. The Bertz CT molecular complexity index is 1060. The number of anilines is 1. The van der Waals surface area contributed by atoms with Gasteiger partial charge in [0.1, 0.15) is 5.52 Å². The fourth-order valence-corrected chi connectivity index (χ4v) is 3.17. The molecule has 0 amide bonds. The summed E-state index contributed by atoms with van der Waals surface area (Å²) >= 11 is 12.0. The number of rotatable bonds is 14. The van der Waals surface area contributed by atoms with Crippen LogP contribution in [0.15, 0.2) is 29.2 Å². The van der Waals surface area contributed by atoms with Crippen LogP contribution in [0.4, 0.5) is 5.95 Å². The van der Waals surface area contributed by atoms with Crippen LogP contribution in [0.1, 0.15) is 5.56 Å². The highest BCUT2D eigenvalue weighted by molar-refractivity contribution is 6.42. The molecule has 10 nitrogen and oxygen atoms in total. The lowest BCUT2D eigenvalue weighted by Crippen LogP contribution is -2.18. The van der Waals surface area contributed by atoms with Crippen molar-refractivity contribution < 1.29 is 19.3 Å². The fourth-order valence-electron chi connectivity index (χ4n) is 2.85. The molecule has 2 heterocycles. The van der Waals surface area contributed by atoms with Crippen molar-refractivity contribution in [1.29, 1.82) is 0 Å². The van der Waals surface area contributed by atoms with Crippen molar-refractivity contribution in [3.63, 3.8) is 0 Å². The third-order valence-corrected chi connectivity index (χ3v) is 5.11. The van der Waals surface area contributed by atoms with E-state index in [2.05, 4.69) is 20.4 Å². The molecular formula is C20H25Cl2N5O5. The highest BCUT2D eigenvalue weighted by Crippen LogP contribution is 2.22. The van der Waals surface area contributed by atoms with Gasteiger partial charge >= 0.3 is 0 Å². The van der Waals surface area contributed by atoms with E-state index in [9.17, 15) is 4.79 Å². The first-order chi connectivity index (χ1) is 15.6. The highest BCUT2D eigenvalue weighted by Gasteiger charge is 2.10. The molecule has 174 valence electrons. The zero-order valence-electron chi connectivity index (χ0n) is 17.4. The van der Waals surface area contributed by atoms with E-state index < -0.39 is 0 Å². The molecule has 3 aromatic rings. The molecule has 3 rings (SSSR count). The van der Waals surface area contributed by atoms with Crippen molar-refractivity contribution in [1.82, 2.24) is 19.7 Å². The van der Waals surface area contributed by atoms with Crippen LogP contribution in [-0.2, 0) is 27.3 Å². The van der Waals surface area contributed by atoms with Gasteiger partial charge < -0.3 is 24.6 Å². The number of benzene rings is 1. The maximum atomic E-state index is 12.6. The van der Waals surface area contributed by atoms with Gasteiger partial charge in [-0.2, -0.15) is 5.10 Å². The predicted octanol–water partition coefficient (Wildman–Crippen LogP) is 2.08. The fraction of sp³-hybridized carbons (Fsp3) is 0.450. The second-order valence-corrected chi connectivity index (χ2v) is 7.49. The molecule has 0 bridgehead atoms. The second kappa shape index (κ2) is 12.7. The average Bonchev–Trinajstić information content (AvgIpc) is 3.19. The molecule has 0 aliphatic rings. The maximum absolute atomic E-state index is 12.6. The Morgan fingerprint density at radius 3 is 2.47 bits per heavy atom. The molecule has 12 heteroatoms. The number of nitrogens with one attached hydrogen (secondary N) is 2. The number of halogens is 2. The number of ether oxygens (including phenoxy) is 3. The van der Waals surface area contributed by atoms with Gasteiger partial charge in [0.2, 0.25) is 5.95 Å². The Morgan fingerprint density at radius 1 is 1.03 bits per heavy atom. The predicted molar refractivity (Wildman–Crippen MR) is 121 cm³/mol. The first-order valence-corrected chi connectivity index (χ1v) is 10.8. The summed E-state index contributed by atoms with van der Waals surface area (Å²) in [5.41, 5.74) is 1.47. The number of H-pyrrole nitrogens is 1. The average molecular weight is 486 g/mol. The van der Waals surface area contributed by atoms with Crippen LogP contribution in [0, 0.1) is 0 Å². The molecule has 0 atom stereocenters. The molecule has 0 aliphatic heterocycles. The first-order valence-electron chi connectivity index (χ1n) is 10.1. The zero-order chi connectivity index (χ0) is 22.8. The standard InChI is InChI=1S/C20H25Cl2N5O5/c21-15-2-1-14(11-16(15)22)12-23-20-25-17-13-24-27(18(17)19(29)26-20)3-5-30-7-9-32-10-8-31-6-4-28/h1-2,11,13,28H,3-10,12H2,(H2,23,25,26,29). The summed E-state index contributed by atoms with van der Waals surface area (Å²) in [6, 6.07) is 5.31. The largest absolute Gasteiger partial charge is 0.394 e. The number of aromatic amines is 1. The monoisotopic (exact) mass is 485 g/mol. The van der Waals surface area contributed by atoms with Crippen molar-refractivity contribution in [3.8, 4) is 0 Å². The molecular weight excluding hydrogens is 461 g/mol. The van der Waals surface area contributed by atoms with Crippen LogP contribution in [0.25, 0.3) is 11.0 Å². The molecule has 0 radical (unpaired) electrons. The Kier molecular flexibility index (Phi) is 9.72. The topological polar surface area (TPSA) is 124 Å². The van der Waals surface area contributed by atoms with Crippen molar-refractivity contribution in [3.05, 3.63) is 50.4 Å². The summed E-state index contributed by atoms with van der Waals surface area (Å²) in [7, 11) is 0. The number of nitrogens with zero attached hydrogens (tertiary/aromatic N) is 3. The van der Waals surface area contributed by atoms with E-state index in [1.54, 1.807) is 23.0 Å². The molecule has 0 fully saturated rings. The van der Waals surface area contributed by atoms with Gasteiger partial charge in [0.05, 0.1) is 69.0 Å². The summed E-state index contributed by atoms with van der Waals surface area (Å²) in [5, 5.41) is 16.9. The van der Waals surface area contributed by atoms with Gasteiger partial charge in [-0.05, 0) is 17.7 Å². The minimum atomic E-state index is -0.296. The van der Waals surface area contributed by atoms with Crippen molar-refractivity contribution in [2.45, 2.75) is 13.1 Å². The Morgan fingerprint density at radius 2 is 1.75 bits per heavy atom. The Hall–Kier alpha value is -2.21. The van der Waals surface area contributed by atoms with Crippen LogP contribution < -0.4 is 10.9 Å². The molecule has 32 heavy (non-hydrogen) atoms. The minimum absolute atomic E-state index is 0.000130. The van der Waals surface area contributed by atoms with E-state index in [0.717, 1.165) is 5.56 Å². The van der Waals surface area contributed by atoms with Crippen LogP contribution in [0.2, 0.25) is 10.0 Å². The molecule has 0 spiro atoms. The van der Waals surface area contributed by atoms with E-state index in [-0.39, 0.29) is 12.2 Å². The quantitative estimate of drug-likeness (QED) is 0.296. The number of aliphatic hydroxyl groups excluding tert-OH is 1. The van der Waals surface area contributed by atoms with E-state index >= 15 is 0 Å². The normalized spacial score (nSPS) is 11.3. The lowest BCUT2D eigenvalue weighted by molar-refractivity contribution is 0.00643. The molecule has 0 unspecified atom stereocenters. The van der Waals surface area contributed by atoms with Crippen molar-refractivity contribution >= 4 is 40.2 Å². The molecule has 3 N–H and O–H groups in total. The number of hydrogen-bond donors (Lipinski definition) is 3. The lowest BCUT2D eigenvalue weighted by Gasteiger charge is -2.08. The third kappa shape index (κ3) is 7.16. The van der Waals surface area contributed by atoms with Crippen molar-refractivity contribution in [2.24, 2.45) is 0 Å². The molecule has 1 aromatic carbocycles. The van der Waals surface area contributed by atoms with Gasteiger partial charge in [-0.3, -0.25) is 14.5 Å². The molecule has 2 aromatic heterocycles. The smallest absolute Gasteiger partial charge is 0.278 e. The number of fused-ring (bicyclic) bond motifs is 1. The first kappa shape index (κ1) is 24.4. The molecule has 0 saturated carbocycles. The summed E-state index contributed by atoms with van der Waals surface area (Å²) in [4.78, 5) is 19.7. The number of hydrogen-bond acceptors (Lipinski definition) is 8. The van der Waals surface area contributed by atoms with Gasteiger partial charge in [-0.25, -0.2) is 4.98 Å². The van der Waals surface area contributed by atoms with Gasteiger partial charge in [-0.1, -0.05) is 29.3 Å². The van der Waals surface area contributed by atoms with Crippen LogP contribution in [0.5, 0.6) is 0 Å². The minimum Gasteiger partial charge on any atom is -0.394 e. The number of aliphatic hydroxyl groups is 1. The van der Waals surface area contributed by atoms with Gasteiger partial charge in [0.25, 0.3) is 5.56 Å². The lowest BCUT2D eigenvalue weighted by atomic mass is 10.2. The number of aromatic nitrogens is 4. The van der Waals surface area contributed by atoms with Crippen LogP contribution in [0.3, 0.4) is 0 Å². The summed E-state index contributed by atoms with van der Waals surface area (Å²) in [6.07, 6.45) is 1.55. The van der Waals surface area contributed by atoms with E-state index in [1.165, 1.54) is 0 Å². The third-order valence-electron chi connectivity index (χ3n) is 4.37. The van der Waals surface area contributed by atoms with E-state index in [4.69, 9.17) is 42.5 Å². The van der Waals surface area contributed by atoms with Crippen LogP contribution in [-0.4, -0.2) is 71.1 Å². The summed E-state index contributed by atoms with van der Waals surface area (Å²) < 4.78 is 17.5. The van der Waals surface area contributed by atoms with Crippen LogP contribution >= 0.6 is 23.2 Å². The van der Waals surface area contributed by atoms with E-state index in [0.29, 0.717) is 79.8 Å². The van der Waals surface area contributed by atoms with E-state index in [1.807, 2.05) is 6.07 Å². The van der Waals surface area contributed by atoms with Crippen molar-refractivity contribution in [2.75, 3.05) is 51.6 Å². The Balaban J connectivity index is 1.46. The summed E-state index contributed by atoms with van der Waals surface area (Å²) in [5.74, 6) is 0.337. The van der Waals surface area contributed by atoms with Gasteiger partial charge in [-0.15, -0.1) is 0 Å².